The smallest absolute Gasteiger partial charge is 0.255 e. The molecule has 1 aliphatic rings. The fraction of sp³-hybridized carbons (Fsp3) is 0.278. The van der Waals surface area contributed by atoms with E-state index in [0.29, 0.717) is 0 Å². The molecular formula is C18H20N2OS. The molecule has 0 radical (unpaired) electrons. The number of benzene rings is 2. The van der Waals surface area contributed by atoms with E-state index in [1.807, 2.05) is 47.4 Å². The van der Waals surface area contributed by atoms with Gasteiger partial charge in [0.2, 0.25) is 0 Å². The van der Waals surface area contributed by atoms with Crippen LogP contribution < -0.4 is 5.32 Å². The van der Waals surface area contributed by atoms with Crippen LogP contribution in [0.1, 0.15) is 16.8 Å². The molecule has 0 saturated carbocycles. The van der Waals surface area contributed by atoms with E-state index in [1.54, 1.807) is 11.8 Å². The van der Waals surface area contributed by atoms with Crippen LogP contribution in [0.25, 0.3) is 0 Å². The Morgan fingerprint density at radius 3 is 2.59 bits per heavy atom. The van der Waals surface area contributed by atoms with Crippen molar-refractivity contribution in [2.45, 2.75) is 16.2 Å². The maximum Gasteiger partial charge on any atom is 0.255 e. The largest absolute Gasteiger partial charge is 0.337 e. The van der Waals surface area contributed by atoms with Gasteiger partial charge in [0, 0.05) is 29.4 Å². The molecule has 0 unspecified atom stereocenters. The minimum atomic E-state index is 0.141. The van der Waals surface area contributed by atoms with E-state index in [1.165, 1.54) is 0 Å². The Labute approximate surface area is 135 Å². The van der Waals surface area contributed by atoms with Gasteiger partial charge in [0.25, 0.3) is 5.91 Å². The first-order valence-electron chi connectivity index (χ1n) is 7.66. The zero-order valence-corrected chi connectivity index (χ0v) is 13.3. The van der Waals surface area contributed by atoms with Crippen LogP contribution in [0.15, 0.2) is 64.4 Å². The number of nitrogens with zero attached hydrogens (tertiary/aromatic N) is 1. The molecule has 1 heterocycles. The Balaban J connectivity index is 1.82. The Bertz CT molecular complexity index is 622. The van der Waals surface area contributed by atoms with E-state index >= 15 is 0 Å². The molecule has 0 bridgehead atoms. The molecule has 2 aromatic rings. The molecule has 1 N–H and O–H groups in total. The van der Waals surface area contributed by atoms with Gasteiger partial charge in [0.15, 0.2) is 0 Å². The second kappa shape index (κ2) is 7.47. The van der Waals surface area contributed by atoms with Gasteiger partial charge in [-0.3, -0.25) is 4.79 Å². The molecule has 0 atom stereocenters. The summed E-state index contributed by atoms with van der Waals surface area (Å²) in [6.07, 6.45) is 1.01. The van der Waals surface area contributed by atoms with E-state index < -0.39 is 0 Å². The zero-order chi connectivity index (χ0) is 15.2. The van der Waals surface area contributed by atoms with E-state index in [4.69, 9.17) is 0 Å². The third-order valence-corrected chi connectivity index (χ3v) is 4.80. The number of carbonyl (C=O) groups is 1. The van der Waals surface area contributed by atoms with Crippen LogP contribution in [0, 0.1) is 0 Å². The maximum atomic E-state index is 12.8. The van der Waals surface area contributed by atoms with E-state index in [-0.39, 0.29) is 5.91 Å². The fourth-order valence-electron chi connectivity index (χ4n) is 2.57. The van der Waals surface area contributed by atoms with Crippen molar-refractivity contribution in [3.8, 4) is 0 Å². The quantitative estimate of drug-likeness (QED) is 0.944. The van der Waals surface area contributed by atoms with Crippen molar-refractivity contribution in [1.82, 2.24) is 10.2 Å². The molecule has 0 aliphatic carbocycles. The number of carbonyl (C=O) groups excluding carboxylic acids is 1. The summed E-state index contributed by atoms with van der Waals surface area (Å²) in [6, 6.07) is 18.1. The molecule has 22 heavy (non-hydrogen) atoms. The van der Waals surface area contributed by atoms with Gasteiger partial charge in [-0.15, -0.1) is 0 Å². The van der Waals surface area contributed by atoms with Gasteiger partial charge in [-0.25, -0.2) is 0 Å². The Hall–Kier alpha value is -1.78. The summed E-state index contributed by atoms with van der Waals surface area (Å²) in [5, 5.41) is 3.34. The van der Waals surface area contributed by atoms with Crippen molar-refractivity contribution < 1.29 is 4.79 Å². The first-order chi connectivity index (χ1) is 10.8. The summed E-state index contributed by atoms with van der Waals surface area (Å²) in [7, 11) is 0. The van der Waals surface area contributed by atoms with E-state index in [2.05, 4.69) is 17.4 Å². The lowest BCUT2D eigenvalue weighted by Crippen LogP contribution is -2.34. The lowest BCUT2D eigenvalue weighted by atomic mass is 10.2. The topological polar surface area (TPSA) is 32.3 Å². The molecule has 1 aliphatic heterocycles. The first kappa shape index (κ1) is 15.1. The highest BCUT2D eigenvalue weighted by Gasteiger charge is 2.19. The van der Waals surface area contributed by atoms with Crippen LogP contribution in [0.2, 0.25) is 0 Å². The average molecular weight is 312 g/mol. The lowest BCUT2D eigenvalue weighted by Gasteiger charge is -2.21. The molecule has 2 aromatic carbocycles. The Kier molecular flexibility index (Phi) is 5.14. The van der Waals surface area contributed by atoms with Gasteiger partial charge < -0.3 is 10.2 Å². The fourth-order valence-corrected chi connectivity index (χ4v) is 3.53. The minimum Gasteiger partial charge on any atom is -0.337 e. The van der Waals surface area contributed by atoms with E-state index in [0.717, 1.165) is 48.0 Å². The summed E-state index contributed by atoms with van der Waals surface area (Å²) < 4.78 is 0. The Morgan fingerprint density at radius 2 is 1.73 bits per heavy atom. The third kappa shape index (κ3) is 3.70. The molecule has 1 saturated heterocycles. The highest BCUT2D eigenvalue weighted by Crippen LogP contribution is 2.30. The van der Waals surface area contributed by atoms with Gasteiger partial charge in [0.1, 0.15) is 0 Å². The first-order valence-corrected chi connectivity index (χ1v) is 8.48. The van der Waals surface area contributed by atoms with Crippen LogP contribution in [-0.2, 0) is 0 Å². The number of rotatable bonds is 3. The van der Waals surface area contributed by atoms with Crippen molar-refractivity contribution in [3.63, 3.8) is 0 Å². The van der Waals surface area contributed by atoms with Crippen molar-refractivity contribution in [1.29, 1.82) is 0 Å². The van der Waals surface area contributed by atoms with Gasteiger partial charge in [-0.05, 0) is 37.2 Å². The standard InChI is InChI=1S/C18H20N2OS/c21-18(20-13-6-11-19-12-14-20)16-9-4-5-10-17(16)22-15-7-2-1-3-8-15/h1-5,7-10,19H,6,11-14H2. The summed E-state index contributed by atoms with van der Waals surface area (Å²) >= 11 is 1.65. The predicted octanol–water partition coefficient (Wildman–Crippen LogP) is 3.27. The SMILES string of the molecule is O=C(c1ccccc1Sc1ccccc1)N1CCCNCC1. The van der Waals surface area contributed by atoms with Gasteiger partial charge in [0.05, 0.1) is 5.56 Å². The molecule has 1 fully saturated rings. The summed E-state index contributed by atoms with van der Waals surface area (Å²) in [5.41, 5.74) is 0.804. The van der Waals surface area contributed by atoms with Crippen LogP contribution in [0.3, 0.4) is 0 Å². The third-order valence-electron chi connectivity index (χ3n) is 3.72. The average Bonchev–Trinajstić information content (AvgIpc) is 2.85. The van der Waals surface area contributed by atoms with Crippen LogP contribution in [0.4, 0.5) is 0 Å². The number of nitrogens with one attached hydrogen (secondary N) is 1. The zero-order valence-electron chi connectivity index (χ0n) is 12.5. The molecular weight excluding hydrogens is 292 g/mol. The summed E-state index contributed by atoms with van der Waals surface area (Å²) in [6.45, 7) is 3.48. The van der Waals surface area contributed by atoms with Crippen LogP contribution in [-0.4, -0.2) is 37.0 Å². The monoisotopic (exact) mass is 312 g/mol. The Morgan fingerprint density at radius 1 is 0.955 bits per heavy atom. The molecule has 4 heteroatoms. The van der Waals surface area contributed by atoms with Crippen LogP contribution in [0.5, 0.6) is 0 Å². The molecule has 3 nitrogen and oxygen atoms in total. The van der Waals surface area contributed by atoms with Crippen molar-refractivity contribution >= 4 is 17.7 Å². The van der Waals surface area contributed by atoms with Crippen molar-refractivity contribution in [3.05, 3.63) is 60.2 Å². The number of hydrogen-bond acceptors (Lipinski definition) is 3. The molecule has 1 amide bonds. The normalized spacial score (nSPS) is 15.4. The molecule has 114 valence electrons. The van der Waals surface area contributed by atoms with Gasteiger partial charge in [-0.2, -0.15) is 0 Å². The van der Waals surface area contributed by atoms with Crippen molar-refractivity contribution in [2.75, 3.05) is 26.2 Å². The maximum absolute atomic E-state index is 12.8. The summed E-state index contributed by atoms with van der Waals surface area (Å²) in [4.78, 5) is 17.0. The van der Waals surface area contributed by atoms with Gasteiger partial charge >= 0.3 is 0 Å². The van der Waals surface area contributed by atoms with Gasteiger partial charge in [-0.1, -0.05) is 42.1 Å². The molecule has 0 spiro atoms. The molecule has 0 aromatic heterocycles. The summed E-state index contributed by atoms with van der Waals surface area (Å²) in [5.74, 6) is 0.141. The second-order valence-corrected chi connectivity index (χ2v) is 6.42. The second-order valence-electron chi connectivity index (χ2n) is 5.31. The number of amides is 1. The lowest BCUT2D eigenvalue weighted by molar-refractivity contribution is 0.0763. The highest BCUT2D eigenvalue weighted by atomic mass is 32.2. The highest BCUT2D eigenvalue weighted by molar-refractivity contribution is 7.99. The molecule has 3 rings (SSSR count). The van der Waals surface area contributed by atoms with E-state index in [9.17, 15) is 4.79 Å². The van der Waals surface area contributed by atoms with Crippen molar-refractivity contribution in [2.24, 2.45) is 0 Å². The predicted molar refractivity (Wildman–Crippen MR) is 90.4 cm³/mol. The van der Waals surface area contributed by atoms with Crippen LogP contribution >= 0.6 is 11.8 Å². The minimum absolute atomic E-state index is 0.141. The number of hydrogen-bond donors (Lipinski definition) is 1.